The van der Waals surface area contributed by atoms with Gasteiger partial charge in [0.15, 0.2) is 11.0 Å². The zero-order valence-corrected chi connectivity index (χ0v) is 19.3. The molecule has 2 amide bonds. The number of halogens is 1. The number of hydrogen-bond acceptors (Lipinski definition) is 5. The first kappa shape index (κ1) is 22.8. The molecule has 31 heavy (non-hydrogen) atoms. The highest BCUT2D eigenvalue weighted by Gasteiger charge is 2.19. The summed E-state index contributed by atoms with van der Waals surface area (Å²) in [5, 5.41) is 15.4. The first-order valence-corrected chi connectivity index (χ1v) is 11.1. The molecule has 0 unspecified atom stereocenters. The monoisotopic (exact) mass is 457 g/mol. The summed E-state index contributed by atoms with van der Waals surface area (Å²) < 4.78 is 1.78. The molecule has 2 N–H and O–H groups in total. The molecule has 1 aromatic heterocycles. The minimum absolute atomic E-state index is 0.152. The number of carbonyl (C=O) groups is 2. The predicted octanol–water partition coefficient (Wildman–Crippen LogP) is 4.31. The van der Waals surface area contributed by atoms with E-state index in [-0.39, 0.29) is 23.6 Å². The maximum absolute atomic E-state index is 12.5. The van der Waals surface area contributed by atoms with Gasteiger partial charge in [0, 0.05) is 23.3 Å². The fourth-order valence-corrected chi connectivity index (χ4v) is 3.99. The third-order valence-electron chi connectivity index (χ3n) is 4.68. The Balaban J connectivity index is 1.59. The Morgan fingerprint density at radius 2 is 1.94 bits per heavy atom. The van der Waals surface area contributed by atoms with E-state index in [0.717, 1.165) is 16.8 Å². The second kappa shape index (κ2) is 9.98. The van der Waals surface area contributed by atoms with Gasteiger partial charge in [-0.3, -0.25) is 9.59 Å². The molecule has 0 spiro atoms. The van der Waals surface area contributed by atoms with Gasteiger partial charge < -0.3 is 15.2 Å². The highest BCUT2D eigenvalue weighted by atomic mass is 35.5. The third kappa shape index (κ3) is 5.86. The van der Waals surface area contributed by atoms with Crippen LogP contribution in [0.15, 0.2) is 47.6 Å². The van der Waals surface area contributed by atoms with Crippen molar-refractivity contribution in [2.24, 2.45) is 7.05 Å². The summed E-state index contributed by atoms with van der Waals surface area (Å²) in [7, 11) is 1.81. The summed E-state index contributed by atoms with van der Waals surface area (Å²) in [6.07, 6.45) is 0. The van der Waals surface area contributed by atoms with Crippen LogP contribution in [0.25, 0.3) is 0 Å². The van der Waals surface area contributed by atoms with E-state index in [1.54, 1.807) is 28.8 Å². The number of hydrogen-bond donors (Lipinski definition) is 2. The molecule has 3 aromatic rings. The Morgan fingerprint density at radius 3 is 2.65 bits per heavy atom. The molecule has 1 heterocycles. The number of carbonyl (C=O) groups excluding carboxylic acids is 2. The Labute approximate surface area is 190 Å². The normalized spacial score (nSPS) is 11.8. The third-order valence-corrected chi connectivity index (χ3v) is 5.93. The lowest BCUT2D eigenvalue weighted by molar-refractivity contribution is -0.113. The van der Waals surface area contributed by atoms with Crippen molar-refractivity contribution in [3.05, 3.63) is 70.0 Å². The summed E-state index contributed by atoms with van der Waals surface area (Å²) in [5.74, 6) is 0.460. The number of anilines is 1. The van der Waals surface area contributed by atoms with Crippen molar-refractivity contribution in [2.45, 2.75) is 32.0 Å². The van der Waals surface area contributed by atoms with Crippen molar-refractivity contribution in [2.75, 3.05) is 11.1 Å². The molecule has 0 aliphatic rings. The first-order chi connectivity index (χ1) is 14.7. The molecule has 2 aromatic carbocycles. The highest BCUT2D eigenvalue weighted by Crippen LogP contribution is 2.22. The molecular formula is C22H24ClN5O2S. The van der Waals surface area contributed by atoms with Crippen LogP contribution in [0.4, 0.5) is 5.69 Å². The minimum Gasteiger partial charge on any atom is -0.342 e. The van der Waals surface area contributed by atoms with E-state index in [9.17, 15) is 9.59 Å². The molecule has 0 fully saturated rings. The fourth-order valence-electron chi connectivity index (χ4n) is 3.04. The van der Waals surface area contributed by atoms with E-state index in [4.69, 9.17) is 11.6 Å². The van der Waals surface area contributed by atoms with Crippen molar-refractivity contribution < 1.29 is 9.59 Å². The maximum atomic E-state index is 12.5. The quantitative estimate of drug-likeness (QED) is 0.516. The van der Waals surface area contributed by atoms with E-state index < -0.39 is 0 Å². The number of nitrogens with zero attached hydrogens (tertiary/aromatic N) is 3. The smallest absolute Gasteiger partial charge is 0.251 e. The number of amides is 2. The Morgan fingerprint density at radius 1 is 1.16 bits per heavy atom. The predicted molar refractivity (Wildman–Crippen MR) is 124 cm³/mol. The zero-order chi connectivity index (χ0) is 22.5. The molecule has 0 bridgehead atoms. The van der Waals surface area contributed by atoms with Crippen LogP contribution in [0.5, 0.6) is 0 Å². The van der Waals surface area contributed by atoms with Crippen molar-refractivity contribution in [3.8, 4) is 0 Å². The van der Waals surface area contributed by atoms with Crippen molar-refractivity contribution in [3.63, 3.8) is 0 Å². The molecule has 3 rings (SSSR count). The lowest BCUT2D eigenvalue weighted by Crippen LogP contribution is -2.28. The number of aryl methyl sites for hydroxylation is 2. The largest absolute Gasteiger partial charge is 0.342 e. The highest BCUT2D eigenvalue weighted by molar-refractivity contribution is 7.99. The number of nitrogens with one attached hydrogen (secondary N) is 2. The Bertz CT molecular complexity index is 1120. The van der Waals surface area contributed by atoms with Gasteiger partial charge in [-0.05, 0) is 56.7 Å². The Kier molecular flexibility index (Phi) is 7.35. The molecule has 7 nitrogen and oxygen atoms in total. The van der Waals surface area contributed by atoms with Gasteiger partial charge in [-0.25, -0.2) is 0 Å². The second-order valence-electron chi connectivity index (χ2n) is 7.26. The standard InChI is InChI=1S/C22H24ClN5O2S/c1-13-6-5-7-16(10-13)21(30)24-15(3)20-26-27-22(28(20)4)31-12-19(29)25-18-9-8-17(23)11-14(18)2/h5-11,15H,12H2,1-4H3,(H,24,30)(H,25,29)/t15-/m1/s1. The van der Waals surface area contributed by atoms with E-state index in [1.165, 1.54) is 11.8 Å². The topological polar surface area (TPSA) is 88.9 Å². The maximum Gasteiger partial charge on any atom is 0.251 e. The average Bonchev–Trinajstić information content (AvgIpc) is 3.09. The van der Waals surface area contributed by atoms with Crippen molar-refractivity contribution >= 4 is 40.9 Å². The van der Waals surface area contributed by atoms with Gasteiger partial charge in [0.25, 0.3) is 5.91 Å². The lowest BCUT2D eigenvalue weighted by atomic mass is 10.1. The molecule has 0 radical (unpaired) electrons. The number of aromatic nitrogens is 3. The van der Waals surface area contributed by atoms with Crippen molar-refractivity contribution in [1.29, 1.82) is 0 Å². The van der Waals surface area contributed by atoms with E-state index in [2.05, 4.69) is 20.8 Å². The molecule has 162 valence electrons. The number of thioether (sulfide) groups is 1. The minimum atomic E-state index is -0.342. The molecule has 0 saturated heterocycles. The summed E-state index contributed by atoms with van der Waals surface area (Å²) in [5.41, 5.74) is 3.23. The molecule has 0 saturated carbocycles. The SMILES string of the molecule is Cc1cccc(C(=O)N[C@H](C)c2nnc(SCC(=O)Nc3ccc(Cl)cc3C)n2C)c1. The van der Waals surface area contributed by atoms with Crippen molar-refractivity contribution in [1.82, 2.24) is 20.1 Å². The summed E-state index contributed by atoms with van der Waals surface area (Å²) >= 11 is 7.23. The van der Waals surface area contributed by atoms with Crippen LogP contribution in [-0.2, 0) is 11.8 Å². The second-order valence-corrected chi connectivity index (χ2v) is 8.64. The fraction of sp³-hybridized carbons (Fsp3) is 0.273. The van der Waals surface area contributed by atoms with Gasteiger partial charge in [-0.15, -0.1) is 10.2 Å². The van der Waals surface area contributed by atoms with Gasteiger partial charge in [0.1, 0.15) is 0 Å². The van der Waals surface area contributed by atoms with Crippen LogP contribution < -0.4 is 10.6 Å². The average molecular weight is 458 g/mol. The first-order valence-electron chi connectivity index (χ1n) is 9.70. The molecule has 9 heteroatoms. The van der Waals surface area contributed by atoms with Gasteiger partial charge in [-0.2, -0.15) is 0 Å². The van der Waals surface area contributed by atoms with Crippen LogP contribution in [0.2, 0.25) is 5.02 Å². The van der Waals surface area contributed by atoms with Gasteiger partial charge in [0.2, 0.25) is 5.91 Å². The van der Waals surface area contributed by atoms with Crippen LogP contribution >= 0.6 is 23.4 Å². The van der Waals surface area contributed by atoms with E-state index in [0.29, 0.717) is 21.6 Å². The van der Waals surface area contributed by atoms with Crippen LogP contribution in [0.3, 0.4) is 0 Å². The van der Waals surface area contributed by atoms with Gasteiger partial charge >= 0.3 is 0 Å². The molecule has 0 aliphatic carbocycles. The lowest BCUT2D eigenvalue weighted by Gasteiger charge is -2.14. The van der Waals surface area contributed by atoms with Gasteiger partial charge in [0.05, 0.1) is 11.8 Å². The molecular weight excluding hydrogens is 434 g/mol. The summed E-state index contributed by atoms with van der Waals surface area (Å²) in [6.45, 7) is 5.68. The summed E-state index contributed by atoms with van der Waals surface area (Å²) in [6, 6.07) is 12.4. The van der Waals surface area contributed by atoms with Crippen LogP contribution in [0.1, 0.15) is 40.3 Å². The molecule has 0 aliphatic heterocycles. The zero-order valence-electron chi connectivity index (χ0n) is 17.8. The van der Waals surface area contributed by atoms with E-state index >= 15 is 0 Å². The van der Waals surface area contributed by atoms with E-state index in [1.807, 2.05) is 46.0 Å². The number of rotatable bonds is 7. The summed E-state index contributed by atoms with van der Waals surface area (Å²) in [4.78, 5) is 24.8. The number of benzene rings is 2. The van der Waals surface area contributed by atoms with Crippen LogP contribution in [0, 0.1) is 13.8 Å². The van der Waals surface area contributed by atoms with Crippen LogP contribution in [-0.4, -0.2) is 32.3 Å². The van der Waals surface area contributed by atoms with Gasteiger partial charge in [-0.1, -0.05) is 41.1 Å². The molecule has 1 atom stereocenters. The Hall–Kier alpha value is -2.84.